The van der Waals surface area contributed by atoms with E-state index in [1.54, 1.807) is 11.8 Å². The Hall–Kier alpha value is -2.41. The molecule has 0 spiro atoms. The Morgan fingerprint density at radius 3 is 2.94 bits per heavy atom. The number of rotatable bonds is 10. The van der Waals surface area contributed by atoms with Crippen LogP contribution in [0.5, 0.6) is 0 Å². The fourth-order valence-electron chi connectivity index (χ4n) is 5.02. The van der Waals surface area contributed by atoms with Crippen molar-refractivity contribution in [3.05, 3.63) is 70.6 Å². The van der Waals surface area contributed by atoms with Crippen LogP contribution >= 0.6 is 11.8 Å². The van der Waals surface area contributed by atoms with E-state index in [9.17, 15) is 0 Å². The third kappa shape index (κ3) is 6.56. The van der Waals surface area contributed by atoms with E-state index in [4.69, 9.17) is 10.4 Å². The molecule has 3 aliphatic rings. The van der Waals surface area contributed by atoms with E-state index in [2.05, 4.69) is 67.8 Å². The minimum atomic E-state index is 0.478. The monoisotopic (exact) mass is 463 g/mol. The molecule has 7 heteroatoms. The molecule has 0 aromatic rings. The van der Waals surface area contributed by atoms with Crippen molar-refractivity contribution in [1.29, 1.82) is 5.41 Å². The second-order valence-corrected chi connectivity index (χ2v) is 10.2. The molecule has 33 heavy (non-hydrogen) atoms. The summed E-state index contributed by atoms with van der Waals surface area (Å²) in [5.74, 6) is 3.58. The van der Waals surface area contributed by atoms with Gasteiger partial charge in [0.25, 0.3) is 0 Å². The zero-order valence-corrected chi connectivity index (χ0v) is 21.4. The van der Waals surface area contributed by atoms with Crippen molar-refractivity contribution in [2.24, 2.45) is 10.9 Å². The van der Waals surface area contributed by atoms with E-state index < -0.39 is 0 Å². The second kappa shape index (κ2) is 11.6. The van der Waals surface area contributed by atoms with Gasteiger partial charge in [-0.2, -0.15) is 0 Å². The molecule has 3 heterocycles. The summed E-state index contributed by atoms with van der Waals surface area (Å²) in [7, 11) is 2.08. The topological polar surface area (TPSA) is 63.5 Å². The number of allylic oxidation sites excluding steroid dienone is 4. The number of hydrogen-bond acceptors (Lipinski definition) is 5. The molecule has 3 rings (SSSR count). The van der Waals surface area contributed by atoms with Crippen molar-refractivity contribution in [2.45, 2.75) is 51.8 Å². The molecule has 0 amide bonds. The molecular formula is C26H38BN5S. The minimum Gasteiger partial charge on any atom is -0.388 e. The van der Waals surface area contributed by atoms with Gasteiger partial charge >= 0.3 is 0 Å². The molecule has 3 aliphatic heterocycles. The molecular weight excluding hydrogens is 425 g/mol. The lowest BCUT2D eigenvalue weighted by atomic mass is 9.37. The van der Waals surface area contributed by atoms with Gasteiger partial charge in [0.2, 0.25) is 0 Å². The van der Waals surface area contributed by atoms with E-state index in [0.29, 0.717) is 19.2 Å². The molecule has 0 radical (unpaired) electrons. The minimum absolute atomic E-state index is 0.478. The van der Waals surface area contributed by atoms with Crippen LogP contribution in [0.1, 0.15) is 39.5 Å². The molecule has 2 atom stereocenters. The highest BCUT2D eigenvalue weighted by Gasteiger charge is 2.37. The Kier molecular flexibility index (Phi) is 8.90. The largest absolute Gasteiger partial charge is 0.388 e. The molecule has 0 aromatic carbocycles. The van der Waals surface area contributed by atoms with Gasteiger partial charge in [-0.1, -0.05) is 24.4 Å². The third-order valence-corrected chi connectivity index (χ3v) is 7.14. The van der Waals surface area contributed by atoms with Crippen LogP contribution in [0.3, 0.4) is 0 Å². The molecule has 0 bridgehead atoms. The van der Waals surface area contributed by atoms with E-state index >= 15 is 0 Å². The van der Waals surface area contributed by atoms with Gasteiger partial charge in [-0.25, -0.2) is 0 Å². The molecule has 1 fully saturated rings. The summed E-state index contributed by atoms with van der Waals surface area (Å²) in [5.41, 5.74) is 7.65. The van der Waals surface area contributed by atoms with Crippen molar-refractivity contribution in [2.75, 3.05) is 19.8 Å². The summed E-state index contributed by atoms with van der Waals surface area (Å²) in [6, 6.07) is 0. The molecule has 0 saturated carbocycles. The fourth-order valence-corrected chi connectivity index (χ4v) is 5.44. The molecule has 5 nitrogen and oxygen atoms in total. The van der Waals surface area contributed by atoms with Crippen LogP contribution in [0.15, 0.2) is 75.6 Å². The van der Waals surface area contributed by atoms with E-state index in [0.717, 1.165) is 41.4 Å². The molecule has 0 aromatic heterocycles. The Balaban J connectivity index is 1.80. The first kappa shape index (κ1) is 25.2. The van der Waals surface area contributed by atoms with Crippen LogP contribution in [0, 0.1) is 11.3 Å². The first-order valence-corrected chi connectivity index (χ1v) is 13.1. The predicted molar refractivity (Wildman–Crippen MR) is 147 cm³/mol. The standard InChI is InChI=1S/C26H38BN5S/c1-18(2)11-21-7-8-25-27(13-21)14-23(31-25)26(24(16-33-6)30-17-28)29-10-9-22-12-19(3)20(4)15-32(22)5/h12,14-17,21,25,31H,1,3,7-11,13H2,2,4-6H3,(H2,28,30)/b24-16-,29-26?/t21?,25-/m0/s1. The van der Waals surface area contributed by atoms with Gasteiger partial charge in [0.1, 0.15) is 5.71 Å². The third-order valence-electron chi connectivity index (χ3n) is 6.67. The van der Waals surface area contributed by atoms with Gasteiger partial charge in [0.05, 0.1) is 12.0 Å². The smallest absolute Gasteiger partial charge is 0.195 e. The highest BCUT2D eigenvalue weighted by Crippen LogP contribution is 2.33. The zero-order chi connectivity index (χ0) is 24.0. The van der Waals surface area contributed by atoms with Crippen LogP contribution < -0.4 is 10.6 Å². The lowest BCUT2D eigenvalue weighted by Gasteiger charge is -2.30. The highest BCUT2D eigenvalue weighted by molar-refractivity contribution is 8.01. The Labute approximate surface area is 204 Å². The van der Waals surface area contributed by atoms with Crippen LogP contribution in [0.2, 0.25) is 6.32 Å². The average molecular weight is 464 g/mol. The van der Waals surface area contributed by atoms with E-state index in [-0.39, 0.29) is 0 Å². The van der Waals surface area contributed by atoms with Crippen LogP contribution in [-0.2, 0) is 0 Å². The fraction of sp³-hybridized carbons (Fsp3) is 0.462. The van der Waals surface area contributed by atoms with Gasteiger partial charge in [-0.15, -0.1) is 18.3 Å². The first-order valence-electron chi connectivity index (χ1n) is 11.8. The summed E-state index contributed by atoms with van der Waals surface area (Å²) in [4.78, 5) is 7.21. The normalized spacial score (nSPS) is 23.4. The van der Waals surface area contributed by atoms with Crippen molar-refractivity contribution >= 4 is 30.5 Å². The second-order valence-electron chi connectivity index (χ2n) is 9.46. The van der Waals surface area contributed by atoms with Gasteiger partial charge in [0.15, 0.2) is 6.71 Å². The number of hydrogen-bond donors (Lipinski definition) is 3. The van der Waals surface area contributed by atoms with E-state index in [1.165, 1.54) is 42.3 Å². The Bertz CT molecular complexity index is 942. The van der Waals surface area contributed by atoms with Crippen LogP contribution in [0.25, 0.3) is 0 Å². The van der Waals surface area contributed by atoms with Gasteiger partial charge in [-0.3, -0.25) is 10.4 Å². The maximum absolute atomic E-state index is 7.61. The summed E-state index contributed by atoms with van der Waals surface area (Å²) in [6.45, 7) is 13.7. The molecule has 0 aliphatic carbocycles. The molecule has 1 unspecified atom stereocenters. The molecule has 1 saturated heterocycles. The highest BCUT2D eigenvalue weighted by atomic mass is 32.2. The number of thioether (sulfide) groups is 1. The van der Waals surface area contributed by atoms with Crippen LogP contribution in [0.4, 0.5) is 0 Å². The summed E-state index contributed by atoms with van der Waals surface area (Å²) in [5, 5.41) is 16.5. The molecule has 3 N–H and O–H groups in total. The van der Waals surface area contributed by atoms with Crippen molar-refractivity contribution < 1.29 is 0 Å². The summed E-state index contributed by atoms with van der Waals surface area (Å²) >= 11 is 1.62. The van der Waals surface area contributed by atoms with Crippen molar-refractivity contribution in [1.82, 2.24) is 15.5 Å². The average Bonchev–Trinajstić information content (AvgIpc) is 3.17. The maximum atomic E-state index is 7.61. The number of fused-ring (bicyclic) bond motifs is 1. The number of aliphatic imine (C=N–C) groups is 1. The quantitative estimate of drug-likeness (QED) is 0.178. The lowest BCUT2D eigenvalue weighted by molar-refractivity contribution is 0.455. The SMILES string of the molecule is C=C(C)CC1CC[C@@H]2NC(C(=NCCC3=CC(=C)C(C)=CN3C)/C(=C/SC)NC=N)=CB2C1. The van der Waals surface area contributed by atoms with Crippen molar-refractivity contribution in [3.63, 3.8) is 0 Å². The van der Waals surface area contributed by atoms with Crippen LogP contribution in [-0.4, -0.2) is 49.5 Å². The zero-order valence-electron chi connectivity index (χ0n) is 20.6. The first-order chi connectivity index (χ1) is 15.8. The molecule has 176 valence electrons. The van der Waals surface area contributed by atoms with Gasteiger partial charge < -0.3 is 15.5 Å². The van der Waals surface area contributed by atoms with Crippen molar-refractivity contribution in [3.8, 4) is 0 Å². The maximum Gasteiger partial charge on any atom is 0.195 e. The Morgan fingerprint density at radius 2 is 2.24 bits per heavy atom. The number of nitrogens with one attached hydrogen (secondary N) is 3. The predicted octanol–water partition coefficient (Wildman–Crippen LogP) is 5.31. The van der Waals surface area contributed by atoms with Gasteiger partial charge in [0, 0.05) is 43.5 Å². The van der Waals surface area contributed by atoms with Gasteiger partial charge in [-0.05, 0) is 67.9 Å². The summed E-state index contributed by atoms with van der Waals surface area (Å²) in [6.07, 6.45) is 13.1. The summed E-state index contributed by atoms with van der Waals surface area (Å²) < 4.78 is 0. The van der Waals surface area contributed by atoms with E-state index in [1.807, 2.05) is 11.7 Å². The lowest BCUT2D eigenvalue weighted by Crippen LogP contribution is -2.41. The number of nitrogens with zero attached hydrogens (tertiary/aromatic N) is 2. The Morgan fingerprint density at radius 1 is 1.45 bits per heavy atom.